The van der Waals surface area contributed by atoms with Gasteiger partial charge in [0.05, 0.1) is 0 Å². The topological polar surface area (TPSA) is 38.5 Å². The highest BCUT2D eigenvalue weighted by molar-refractivity contribution is 5.34. The van der Waals surface area contributed by atoms with Crippen molar-refractivity contribution in [3.05, 3.63) is 29.6 Å². The summed E-state index contributed by atoms with van der Waals surface area (Å²) in [6, 6.07) is 4.80. The van der Waals surface area contributed by atoms with E-state index in [0.29, 0.717) is 17.9 Å². The SMILES string of the molecule is CCN(CC)CCOc1cccc(F)c1CN. The van der Waals surface area contributed by atoms with Crippen LogP contribution >= 0.6 is 0 Å². The van der Waals surface area contributed by atoms with Gasteiger partial charge in [-0.3, -0.25) is 0 Å². The van der Waals surface area contributed by atoms with Crippen LogP contribution in [0.4, 0.5) is 4.39 Å². The van der Waals surface area contributed by atoms with Crippen LogP contribution in [0.1, 0.15) is 19.4 Å². The number of hydrogen-bond acceptors (Lipinski definition) is 3. The maximum atomic E-state index is 13.4. The number of nitrogens with zero attached hydrogens (tertiary/aromatic N) is 1. The van der Waals surface area contributed by atoms with Gasteiger partial charge in [0.1, 0.15) is 18.2 Å². The van der Waals surface area contributed by atoms with Crippen molar-refractivity contribution >= 4 is 0 Å². The summed E-state index contributed by atoms with van der Waals surface area (Å²) >= 11 is 0. The molecule has 1 aromatic rings. The molecule has 0 fully saturated rings. The number of benzene rings is 1. The summed E-state index contributed by atoms with van der Waals surface area (Å²) in [6.45, 7) is 7.76. The van der Waals surface area contributed by atoms with Crippen molar-refractivity contribution in [3.63, 3.8) is 0 Å². The van der Waals surface area contributed by atoms with Gasteiger partial charge in [-0.05, 0) is 25.2 Å². The van der Waals surface area contributed by atoms with Crippen molar-refractivity contribution in [2.75, 3.05) is 26.2 Å². The van der Waals surface area contributed by atoms with Crippen LogP contribution in [0, 0.1) is 5.82 Å². The van der Waals surface area contributed by atoms with E-state index in [-0.39, 0.29) is 12.4 Å². The molecule has 0 amide bonds. The standard InChI is InChI=1S/C13H21FN2O/c1-3-16(4-2)8-9-17-13-7-5-6-12(14)11(13)10-15/h5-7H,3-4,8-10,15H2,1-2H3. The molecule has 0 heterocycles. The molecule has 0 aliphatic heterocycles. The number of hydrogen-bond donors (Lipinski definition) is 1. The molecule has 4 heteroatoms. The lowest BCUT2D eigenvalue weighted by Crippen LogP contribution is -2.28. The van der Waals surface area contributed by atoms with Crippen molar-refractivity contribution in [1.29, 1.82) is 0 Å². The van der Waals surface area contributed by atoms with E-state index in [1.807, 2.05) is 0 Å². The first-order chi connectivity index (χ1) is 8.22. The first-order valence-corrected chi connectivity index (χ1v) is 6.05. The third kappa shape index (κ3) is 3.98. The predicted octanol–water partition coefficient (Wildman–Crippen LogP) is 2.00. The fourth-order valence-electron chi connectivity index (χ4n) is 1.70. The van der Waals surface area contributed by atoms with Gasteiger partial charge in [-0.15, -0.1) is 0 Å². The van der Waals surface area contributed by atoms with Crippen LogP contribution in [0.15, 0.2) is 18.2 Å². The first kappa shape index (κ1) is 13.9. The Morgan fingerprint density at radius 2 is 2.00 bits per heavy atom. The van der Waals surface area contributed by atoms with E-state index in [1.165, 1.54) is 6.07 Å². The molecule has 0 aliphatic rings. The maximum absolute atomic E-state index is 13.4. The Kier molecular flexibility index (Phi) is 5.94. The molecule has 3 nitrogen and oxygen atoms in total. The molecular formula is C13H21FN2O. The van der Waals surface area contributed by atoms with Gasteiger partial charge in [0.25, 0.3) is 0 Å². The molecule has 1 rings (SSSR count). The molecule has 1 aromatic carbocycles. The molecular weight excluding hydrogens is 219 g/mol. The van der Waals surface area contributed by atoms with E-state index in [4.69, 9.17) is 10.5 Å². The Bertz CT molecular complexity index is 340. The van der Waals surface area contributed by atoms with Gasteiger partial charge in [0, 0.05) is 18.7 Å². The molecule has 0 unspecified atom stereocenters. The zero-order chi connectivity index (χ0) is 12.7. The van der Waals surface area contributed by atoms with E-state index in [0.717, 1.165) is 19.6 Å². The highest BCUT2D eigenvalue weighted by Crippen LogP contribution is 2.20. The van der Waals surface area contributed by atoms with Crippen LogP contribution in [-0.4, -0.2) is 31.1 Å². The van der Waals surface area contributed by atoms with Crippen LogP contribution in [0.3, 0.4) is 0 Å². The lowest BCUT2D eigenvalue weighted by atomic mass is 10.2. The zero-order valence-corrected chi connectivity index (χ0v) is 10.6. The molecule has 0 spiro atoms. The monoisotopic (exact) mass is 240 g/mol. The summed E-state index contributed by atoms with van der Waals surface area (Å²) in [7, 11) is 0. The minimum absolute atomic E-state index is 0.160. The predicted molar refractivity (Wildman–Crippen MR) is 67.6 cm³/mol. The van der Waals surface area contributed by atoms with Gasteiger partial charge >= 0.3 is 0 Å². The Labute approximate surface area is 102 Å². The van der Waals surface area contributed by atoms with E-state index < -0.39 is 0 Å². The molecule has 0 aromatic heterocycles. The lowest BCUT2D eigenvalue weighted by molar-refractivity contribution is 0.221. The Hall–Kier alpha value is -1.13. The van der Waals surface area contributed by atoms with Crippen LogP contribution in [0.2, 0.25) is 0 Å². The molecule has 17 heavy (non-hydrogen) atoms. The summed E-state index contributed by atoms with van der Waals surface area (Å²) in [6.07, 6.45) is 0. The van der Waals surface area contributed by atoms with Crippen molar-refractivity contribution in [1.82, 2.24) is 4.90 Å². The van der Waals surface area contributed by atoms with Crippen molar-refractivity contribution in [2.24, 2.45) is 5.73 Å². The second-order valence-corrected chi connectivity index (χ2v) is 3.80. The third-order valence-electron chi connectivity index (χ3n) is 2.84. The average molecular weight is 240 g/mol. The Morgan fingerprint density at radius 1 is 1.29 bits per heavy atom. The van der Waals surface area contributed by atoms with Gasteiger partial charge in [0.15, 0.2) is 0 Å². The fraction of sp³-hybridized carbons (Fsp3) is 0.538. The number of rotatable bonds is 7. The van der Waals surface area contributed by atoms with Crippen molar-refractivity contribution in [2.45, 2.75) is 20.4 Å². The highest BCUT2D eigenvalue weighted by atomic mass is 19.1. The van der Waals surface area contributed by atoms with Gasteiger partial charge in [-0.1, -0.05) is 19.9 Å². The molecule has 0 atom stereocenters. The minimum atomic E-state index is -0.298. The smallest absolute Gasteiger partial charge is 0.131 e. The van der Waals surface area contributed by atoms with Gasteiger partial charge in [-0.25, -0.2) is 4.39 Å². The summed E-state index contributed by atoms with van der Waals surface area (Å²) in [5.41, 5.74) is 5.96. The van der Waals surface area contributed by atoms with E-state index in [1.54, 1.807) is 12.1 Å². The average Bonchev–Trinajstić information content (AvgIpc) is 2.35. The largest absolute Gasteiger partial charge is 0.492 e. The van der Waals surface area contributed by atoms with Crippen LogP contribution < -0.4 is 10.5 Å². The number of ether oxygens (including phenoxy) is 1. The first-order valence-electron chi connectivity index (χ1n) is 6.05. The van der Waals surface area contributed by atoms with E-state index in [9.17, 15) is 4.39 Å². The maximum Gasteiger partial charge on any atom is 0.131 e. The molecule has 0 saturated heterocycles. The Balaban J connectivity index is 2.54. The molecule has 0 saturated carbocycles. The van der Waals surface area contributed by atoms with Gasteiger partial charge in [-0.2, -0.15) is 0 Å². The molecule has 0 bridgehead atoms. The van der Waals surface area contributed by atoms with Crippen LogP contribution in [0.25, 0.3) is 0 Å². The van der Waals surface area contributed by atoms with Crippen LogP contribution in [0.5, 0.6) is 5.75 Å². The normalized spacial score (nSPS) is 10.9. The quantitative estimate of drug-likeness (QED) is 0.792. The second kappa shape index (κ2) is 7.25. The van der Waals surface area contributed by atoms with E-state index in [2.05, 4.69) is 18.7 Å². The molecule has 96 valence electrons. The summed E-state index contributed by atoms with van der Waals surface area (Å²) < 4.78 is 19.0. The van der Waals surface area contributed by atoms with Crippen molar-refractivity contribution in [3.8, 4) is 5.75 Å². The number of likely N-dealkylation sites (N-methyl/N-ethyl adjacent to an activating group) is 1. The van der Waals surface area contributed by atoms with E-state index >= 15 is 0 Å². The summed E-state index contributed by atoms with van der Waals surface area (Å²) in [4.78, 5) is 2.25. The highest BCUT2D eigenvalue weighted by Gasteiger charge is 2.08. The molecule has 0 radical (unpaired) electrons. The van der Waals surface area contributed by atoms with Crippen molar-refractivity contribution < 1.29 is 9.13 Å². The third-order valence-corrected chi connectivity index (χ3v) is 2.84. The number of halogens is 1. The fourth-order valence-corrected chi connectivity index (χ4v) is 1.70. The Morgan fingerprint density at radius 3 is 2.59 bits per heavy atom. The number of nitrogens with two attached hydrogens (primary N) is 1. The minimum Gasteiger partial charge on any atom is -0.492 e. The lowest BCUT2D eigenvalue weighted by Gasteiger charge is -2.18. The molecule has 0 aliphatic carbocycles. The summed E-state index contributed by atoms with van der Waals surface area (Å²) in [5.74, 6) is 0.257. The second-order valence-electron chi connectivity index (χ2n) is 3.80. The summed E-state index contributed by atoms with van der Waals surface area (Å²) in [5, 5.41) is 0. The zero-order valence-electron chi connectivity index (χ0n) is 10.6. The van der Waals surface area contributed by atoms with Gasteiger partial charge in [0.2, 0.25) is 0 Å². The van der Waals surface area contributed by atoms with Gasteiger partial charge < -0.3 is 15.4 Å². The molecule has 2 N–H and O–H groups in total. The van der Waals surface area contributed by atoms with Crippen LogP contribution in [-0.2, 0) is 6.54 Å².